The lowest BCUT2D eigenvalue weighted by Gasteiger charge is -2.42. The zero-order valence-electron chi connectivity index (χ0n) is 18.9. The van der Waals surface area contributed by atoms with Crippen LogP contribution in [0.5, 0.6) is 11.5 Å². The number of nitrogens with zero attached hydrogens (tertiary/aromatic N) is 1. The van der Waals surface area contributed by atoms with Gasteiger partial charge in [-0.15, -0.1) is 13.2 Å². The van der Waals surface area contributed by atoms with Gasteiger partial charge < -0.3 is 23.8 Å². The molecule has 182 valence electrons. The molecule has 0 saturated carbocycles. The molecule has 4 rings (SSSR count). The molecule has 0 spiro atoms. The van der Waals surface area contributed by atoms with Gasteiger partial charge in [0.2, 0.25) is 0 Å². The third-order valence-electron chi connectivity index (χ3n) is 5.89. The van der Waals surface area contributed by atoms with Crippen molar-refractivity contribution >= 4 is 21.6 Å². The molecule has 2 atom stereocenters. The molecule has 12 heteroatoms. The van der Waals surface area contributed by atoms with E-state index < -0.39 is 30.3 Å². The van der Waals surface area contributed by atoms with Gasteiger partial charge in [-0.2, -0.15) is 0 Å². The van der Waals surface area contributed by atoms with Gasteiger partial charge in [0.25, 0.3) is 5.91 Å². The summed E-state index contributed by atoms with van der Waals surface area (Å²) in [6.45, 7) is -0.508. The first kappa shape index (κ1) is 25.4. The van der Waals surface area contributed by atoms with E-state index in [0.29, 0.717) is 18.5 Å². The summed E-state index contributed by atoms with van der Waals surface area (Å²) in [7, 11) is 13.3. The predicted octanol–water partition coefficient (Wildman–Crippen LogP) is 2.72. The van der Waals surface area contributed by atoms with Gasteiger partial charge in [-0.3, -0.25) is 9.53 Å². The van der Waals surface area contributed by atoms with Crippen molar-refractivity contribution < 1.29 is 41.7 Å². The summed E-state index contributed by atoms with van der Waals surface area (Å²) in [4.78, 5) is 14.9. The highest BCUT2D eigenvalue weighted by atomic mass is 19.4. The topological polar surface area (TPSA) is 66.5 Å². The third-order valence-corrected chi connectivity index (χ3v) is 5.89. The average molecular weight is 487 g/mol. The number of fused-ring (bicyclic) bond motifs is 1. The van der Waals surface area contributed by atoms with E-state index in [0.717, 1.165) is 5.56 Å². The lowest BCUT2D eigenvalue weighted by atomic mass is 9.76. The van der Waals surface area contributed by atoms with Gasteiger partial charge in [-0.25, -0.2) is 0 Å². The summed E-state index contributed by atoms with van der Waals surface area (Å²) in [6.07, 6.45) is -4.94. The summed E-state index contributed by atoms with van der Waals surface area (Å²) in [5, 5.41) is 0. The Morgan fingerprint density at radius 3 is 2.57 bits per heavy atom. The number of carbonyl (C=O) groups excluding carboxylic acids is 1. The number of carbonyl (C=O) groups is 1. The number of hydrogen-bond donors (Lipinski definition) is 0. The predicted molar refractivity (Wildman–Crippen MR) is 119 cm³/mol. The second kappa shape index (κ2) is 9.75. The Morgan fingerprint density at radius 2 is 1.89 bits per heavy atom. The lowest BCUT2D eigenvalue weighted by molar-refractivity contribution is -0.325. The maximum absolute atomic E-state index is 13.3. The molecule has 0 bridgehead atoms. The third kappa shape index (κ3) is 5.60. The van der Waals surface area contributed by atoms with Gasteiger partial charge in [0, 0.05) is 18.5 Å². The van der Waals surface area contributed by atoms with Crippen molar-refractivity contribution in [1.29, 1.82) is 0 Å². The molecule has 0 aliphatic carbocycles. The van der Waals surface area contributed by atoms with E-state index in [2.05, 4.69) is 4.74 Å². The van der Waals surface area contributed by atoms with Crippen molar-refractivity contribution in [3.05, 3.63) is 59.7 Å². The highest BCUT2D eigenvalue weighted by Gasteiger charge is 2.56. The normalized spacial score (nSPS) is 23.5. The lowest BCUT2D eigenvalue weighted by Crippen LogP contribution is -2.53. The largest absolute Gasteiger partial charge is 0.522 e. The summed E-state index contributed by atoms with van der Waals surface area (Å²) < 4.78 is 62.3. The fourth-order valence-corrected chi connectivity index (χ4v) is 4.39. The molecular formula is C23H22B2F3NO6. The summed E-state index contributed by atoms with van der Waals surface area (Å²) in [5.41, 5.74) is -1.53. The highest BCUT2D eigenvalue weighted by Crippen LogP contribution is 2.47. The molecular weight excluding hydrogens is 465 g/mol. The molecule has 35 heavy (non-hydrogen) atoms. The maximum Gasteiger partial charge on any atom is 0.522 e. The minimum absolute atomic E-state index is 0.180. The average Bonchev–Trinajstić information content (AvgIpc) is 3.11. The summed E-state index contributed by atoms with van der Waals surface area (Å²) in [5.74, 6) is 0.0779. The number of piperidine rings is 1. The number of methoxy groups -OCH3 is 1. The van der Waals surface area contributed by atoms with Crippen molar-refractivity contribution in [1.82, 2.24) is 4.90 Å². The Balaban J connectivity index is 1.46. The summed E-state index contributed by atoms with van der Waals surface area (Å²) in [6, 6.07) is 13.9. The van der Waals surface area contributed by atoms with Gasteiger partial charge in [0.15, 0.2) is 11.5 Å². The molecule has 2 aromatic carbocycles. The van der Waals surface area contributed by atoms with Crippen LogP contribution in [0.2, 0.25) is 0 Å². The number of ether oxygens (including phenoxy) is 5. The first-order chi connectivity index (χ1) is 16.5. The van der Waals surface area contributed by atoms with Crippen molar-refractivity contribution in [3.63, 3.8) is 0 Å². The molecule has 2 aromatic rings. The van der Waals surface area contributed by atoms with Crippen LogP contribution in [0.15, 0.2) is 48.5 Å². The van der Waals surface area contributed by atoms with E-state index in [1.165, 1.54) is 25.3 Å². The van der Waals surface area contributed by atoms with Crippen molar-refractivity contribution in [3.8, 4) is 11.5 Å². The van der Waals surface area contributed by atoms with Crippen LogP contribution < -0.4 is 9.47 Å². The maximum atomic E-state index is 13.3. The Bertz CT molecular complexity index is 1060. The van der Waals surface area contributed by atoms with Gasteiger partial charge in [0.05, 0.1) is 25.8 Å². The molecule has 1 unspecified atom stereocenters. The number of halogens is 3. The minimum atomic E-state index is -4.74. The fraction of sp³-hybridized carbons (Fsp3) is 0.435. The van der Waals surface area contributed by atoms with Crippen LogP contribution in [0.3, 0.4) is 0 Å². The Labute approximate surface area is 203 Å². The number of hydrogen-bond acceptors (Lipinski definition) is 6. The van der Waals surface area contributed by atoms with E-state index in [-0.39, 0.29) is 30.6 Å². The van der Waals surface area contributed by atoms with Crippen LogP contribution in [-0.4, -0.2) is 78.0 Å². The first-order valence-electron chi connectivity index (χ1n) is 10.8. The number of likely N-dealkylation sites (tertiary alicyclic amines) is 1. The Morgan fingerprint density at radius 1 is 1.14 bits per heavy atom. The van der Waals surface area contributed by atoms with Crippen LogP contribution in [0.25, 0.3) is 0 Å². The van der Waals surface area contributed by atoms with Crippen LogP contribution in [-0.2, 0) is 19.8 Å². The zero-order valence-corrected chi connectivity index (χ0v) is 18.9. The number of alkyl halides is 3. The minimum Gasteiger partial charge on any atom is -0.493 e. The Kier molecular flexibility index (Phi) is 7.08. The molecule has 2 saturated heterocycles. The number of amides is 1. The quantitative estimate of drug-likeness (QED) is 0.443. The van der Waals surface area contributed by atoms with Gasteiger partial charge >= 0.3 is 6.36 Å². The first-order valence-corrected chi connectivity index (χ1v) is 10.8. The molecule has 2 heterocycles. The zero-order chi connectivity index (χ0) is 25.3. The highest BCUT2D eigenvalue weighted by molar-refractivity contribution is 6.38. The second-order valence-corrected chi connectivity index (χ2v) is 8.19. The monoisotopic (exact) mass is 487 g/mol. The van der Waals surface area contributed by atoms with E-state index >= 15 is 0 Å². The van der Waals surface area contributed by atoms with E-state index in [1.807, 2.05) is 30.3 Å². The molecule has 0 N–H and O–H groups in total. The summed E-state index contributed by atoms with van der Waals surface area (Å²) >= 11 is 0. The molecule has 2 aliphatic rings. The van der Waals surface area contributed by atoms with Gasteiger partial charge in [-0.1, -0.05) is 30.3 Å². The fourth-order valence-electron chi connectivity index (χ4n) is 4.39. The van der Waals surface area contributed by atoms with Gasteiger partial charge in [0.1, 0.15) is 34.0 Å². The van der Waals surface area contributed by atoms with Crippen molar-refractivity contribution in [2.75, 3.05) is 33.4 Å². The van der Waals surface area contributed by atoms with Gasteiger partial charge in [-0.05, 0) is 23.8 Å². The molecule has 2 fully saturated rings. The standard InChI is InChI=1S/C23H22B2F3NO6/c1-31-18-13-15(7-8-17(18)32-11-12-33-23(26,27)28)20(30)29-10-9-21(16-5-3-2-4-6-16)19(14-29)34-22(24,25)35-21/h2-8,13,19H,9-12,14H2,1H3/t19?,21-/m1/s1. The number of benzene rings is 2. The smallest absolute Gasteiger partial charge is 0.493 e. The number of rotatable bonds is 7. The van der Waals surface area contributed by atoms with Crippen LogP contribution >= 0.6 is 0 Å². The SMILES string of the molecule is [B]C1([B])OC2CN(C(=O)c3ccc(OCCOC(F)(F)F)c(OC)c3)CC[C@]2(c2ccccc2)O1. The van der Waals surface area contributed by atoms with Crippen LogP contribution in [0, 0.1) is 0 Å². The van der Waals surface area contributed by atoms with Crippen LogP contribution in [0.4, 0.5) is 13.2 Å². The van der Waals surface area contributed by atoms with Crippen molar-refractivity contribution in [2.24, 2.45) is 0 Å². The van der Waals surface area contributed by atoms with E-state index in [1.54, 1.807) is 4.90 Å². The Hall–Kier alpha value is -2.69. The molecule has 0 aromatic heterocycles. The molecule has 2 aliphatic heterocycles. The van der Waals surface area contributed by atoms with E-state index in [4.69, 9.17) is 34.6 Å². The second-order valence-electron chi connectivity index (χ2n) is 8.19. The molecule has 4 radical (unpaired) electrons. The van der Waals surface area contributed by atoms with E-state index in [9.17, 15) is 18.0 Å². The van der Waals surface area contributed by atoms with Crippen molar-refractivity contribution in [2.45, 2.75) is 30.1 Å². The van der Waals surface area contributed by atoms with Crippen LogP contribution in [0.1, 0.15) is 22.3 Å². The molecule has 7 nitrogen and oxygen atoms in total. The molecule has 1 amide bonds.